The quantitative estimate of drug-likeness (QED) is 0.127. The molecule has 1 saturated carbocycles. The molecule has 2 aliphatic heterocycles. The molecule has 51 heavy (non-hydrogen) atoms. The molecular weight excluding hydrogens is 697 g/mol. The van der Waals surface area contributed by atoms with E-state index in [-0.39, 0.29) is 25.9 Å². The van der Waals surface area contributed by atoms with Gasteiger partial charge in [0.2, 0.25) is 0 Å². The van der Waals surface area contributed by atoms with Gasteiger partial charge in [-0.05, 0) is 71.9 Å². The molecule has 2 aromatic heterocycles. The fourth-order valence-corrected chi connectivity index (χ4v) is 8.36. The van der Waals surface area contributed by atoms with Gasteiger partial charge in [-0.15, -0.1) is 4.52 Å². The number of ether oxygens (including phenoxy) is 6. The van der Waals surface area contributed by atoms with Crippen LogP contribution in [0.1, 0.15) is 79.3 Å². The summed E-state index contributed by atoms with van der Waals surface area (Å²) < 4.78 is 57.9. The van der Waals surface area contributed by atoms with Crippen LogP contribution in [0.3, 0.4) is 0 Å². The van der Waals surface area contributed by atoms with E-state index < -0.39 is 70.1 Å². The Hall–Kier alpha value is -2.14. The van der Waals surface area contributed by atoms with Gasteiger partial charge in [-0.1, -0.05) is 32.5 Å². The van der Waals surface area contributed by atoms with Crippen molar-refractivity contribution in [2.24, 2.45) is 0 Å². The third kappa shape index (κ3) is 9.33. The van der Waals surface area contributed by atoms with Crippen molar-refractivity contribution in [3.05, 3.63) is 12.0 Å². The standard InChI is InChI=1S/C34H57N5O10PSi/c1-11-45-50(42)34(20-40,21-43-16-17-51(8,9)10)44-19-25-26-27(48-33(6,7)47-26)30(46-25)39-29-24(18-35-39)28(36-22(2)37-29)38(23-14-12-13-15-23)31(41)49-32(3,4)5/h18,23,25-27,30,40H,11-17,19-21H2,1-10H3/q+1/t25-,26-,27-,30-,34?/m1/s1. The summed E-state index contributed by atoms with van der Waals surface area (Å²) in [7, 11) is -3.86. The van der Waals surface area contributed by atoms with Crippen molar-refractivity contribution in [1.82, 2.24) is 19.7 Å². The Labute approximate surface area is 302 Å². The molecule has 0 radical (unpaired) electrons. The molecule has 17 heteroatoms. The summed E-state index contributed by atoms with van der Waals surface area (Å²) in [5.74, 6) is -0.0645. The topological polar surface area (TPSA) is 166 Å². The zero-order chi connectivity index (χ0) is 37.4. The van der Waals surface area contributed by atoms with Crippen LogP contribution in [0.2, 0.25) is 25.7 Å². The predicted molar refractivity (Wildman–Crippen MR) is 193 cm³/mol. The van der Waals surface area contributed by atoms with E-state index in [9.17, 15) is 14.5 Å². The number of hydrogen-bond donors (Lipinski definition) is 1. The Kier molecular flexibility index (Phi) is 12.3. The number of aryl methyl sites for hydroxylation is 1. The summed E-state index contributed by atoms with van der Waals surface area (Å²) in [6, 6.07) is 0.826. The first-order valence-electron chi connectivity index (χ1n) is 18.0. The van der Waals surface area contributed by atoms with Gasteiger partial charge in [0.1, 0.15) is 43.0 Å². The molecule has 2 aromatic rings. The highest BCUT2D eigenvalue weighted by Crippen LogP contribution is 2.46. The molecule has 0 aromatic carbocycles. The van der Waals surface area contributed by atoms with Crippen molar-refractivity contribution in [3.8, 4) is 0 Å². The van der Waals surface area contributed by atoms with E-state index >= 15 is 0 Å². The SMILES string of the molecule is CCO[P+](=O)C(CO)(COCC[Si](C)(C)C)OC[C@H]1O[C@@H](n2ncc3c(N(C(=O)OC(C)(C)C)C4CCCC4)nc(C)nc32)[C@@H]2OC(C)(C)O[C@@H]21. The largest absolute Gasteiger partial charge is 0.548 e. The number of carbonyl (C=O) groups is 1. The van der Waals surface area contributed by atoms with Gasteiger partial charge in [0.25, 0.3) is 0 Å². The Morgan fingerprint density at radius 2 is 1.84 bits per heavy atom. The highest BCUT2D eigenvalue weighted by molar-refractivity contribution is 7.41. The third-order valence-electron chi connectivity index (χ3n) is 9.09. The van der Waals surface area contributed by atoms with Crippen molar-refractivity contribution in [3.63, 3.8) is 0 Å². The lowest BCUT2D eigenvalue weighted by Gasteiger charge is -2.31. The maximum absolute atomic E-state index is 13.7. The van der Waals surface area contributed by atoms with E-state index in [1.165, 1.54) is 0 Å². The molecule has 3 fully saturated rings. The Balaban J connectivity index is 1.45. The van der Waals surface area contributed by atoms with Crippen molar-refractivity contribution in [1.29, 1.82) is 0 Å². The number of carbonyl (C=O) groups excluding carboxylic acids is 1. The molecule has 0 spiro atoms. The second-order valence-corrected chi connectivity index (χ2v) is 23.5. The lowest BCUT2D eigenvalue weighted by atomic mass is 10.1. The van der Waals surface area contributed by atoms with Gasteiger partial charge < -0.3 is 33.5 Å². The molecule has 2 saturated heterocycles. The zero-order valence-electron chi connectivity index (χ0n) is 31.8. The number of amides is 1. The molecule has 1 N–H and O–H groups in total. The molecular formula is C34H57N5O10PSi+. The van der Waals surface area contributed by atoms with Crippen LogP contribution in [0.4, 0.5) is 10.6 Å². The highest BCUT2D eigenvalue weighted by Gasteiger charge is 2.59. The highest BCUT2D eigenvalue weighted by atomic mass is 31.1. The lowest BCUT2D eigenvalue weighted by molar-refractivity contribution is -0.208. The van der Waals surface area contributed by atoms with Gasteiger partial charge in [-0.25, -0.2) is 19.4 Å². The van der Waals surface area contributed by atoms with Gasteiger partial charge in [0.05, 0.1) is 24.8 Å². The fraction of sp³-hybridized carbons (Fsp3) is 0.824. The van der Waals surface area contributed by atoms with Crippen LogP contribution in [-0.2, 0) is 37.5 Å². The predicted octanol–water partition coefficient (Wildman–Crippen LogP) is 6.08. The number of aliphatic hydroxyl groups excluding tert-OH is 1. The normalized spacial score (nSPS) is 25.3. The number of rotatable bonds is 15. The van der Waals surface area contributed by atoms with Crippen LogP contribution in [0.25, 0.3) is 11.0 Å². The minimum Gasteiger partial charge on any atom is -0.443 e. The molecule has 15 nitrogen and oxygen atoms in total. The van der Waals surface area contributed by atoms with E-state index in [0.29, 0.717) is 29.3 Å². The summed E-state index contributed by atoms with van der Waals surface area (Å²) in [5, 5.41) is 14.2. The first-order valence-corrected chi connectivity index (χ1v) is 22.9. The second-order valence-electron chi connectivity index (χ2n) is 16.3. The average molecular weight is 755 g/mol. The smallest absolute Gasteiger partial charge is 0.443 e. The van der Waals surface area contributed by atoms with Crippen LogP contribution >= 0.6 is 8.03 Å². The summed E-state index contributed by atoms with van der Waals surface area (Å²) >= 11 is 0. The molecule has 1 aliphatic carbocycles. The Morgan fingerprint density at radius 1 is 1.16 bits per heavy atom. The third-order valence-corrected chi connectivity index (χ3v) is 12.3. The minimum atomic E-state index is -2.47. The first-order chi connectivity index (χ1) is 23.9. The molecule has 6 atom stereocenters. The molecule has 3 aliphatic rings. The first kappa shape index (κ1) is 40.1. The number of anilines is 1. The number of aromatic nitrogens is 4. The Bertz CT molecular complexity index is 1540. The molecule has 0 bridgehead atoms. The van der Waals surface area contributed by atoms with Gasteiger partial charge >= 0.3 is 19.5 Å². The molecule has 4 heterocycles. The minimum absolute atomic E-state index is 0.0730. The monoisotopic (exact) mass is 754 g/mol. The van der Waals surface area contributed by atoms with Crippen molar-refractivity contribution < 1.29 is 47.4 Å². The van der Waals surface area contributed by atoms with Crippen molar-refractivity contribution in [2.45, 2.75) is 147 Å². The molecule has 2 unspecified atom stereocenters. The van der Waals surface area contributed by atoms with E-state index in [1.54, 1.807) is 29.6 Å². The van der Waals surface area contributed by atoms with E-state index in [2.05, 4.69) is 19.6 Å². The lowest BCUT2D eigenvalue weighted by Crippen LogP contribution is -2.43. The summed E-state index contributed by atoms with van der Waals surface area (Å²) in [6.07, 6.45) is 2.13. The number of aliphatic hydroxyl groups is 1. The van der Waals surface area contributed by atoms with Crippen LogP contribution in [0.5, 0.6) is 0 Å². The number of fused-ring (bicyclic) bond motifs is 2. The van der Waals surface area contributed by atoms with E-state index in [4.69, 9.17) is 48.0 Å². The van der Waals surface area contributed by atoms with Gasteiger partial charge in [0.15, 0.2) is 23.5 Å². The number of nitrogens with zero attached hydrogens (tertiary/aromatic N) is 5. The maximum Gasteiger partial charge on any atom is 0.548 e. The average Bonchev–Trinajstić information content (AvgIpc) is 3.81. The van der Waals surface area contributed by atoms with E-state index in [1.807, 2.05) is 34.6 Å². The molecule has 1 amide bonds. The fourth-order valence-electron chi connectivity index (χ4n) is 6.64. The molecule has 286 valence electrons. The summed E-state index contributed by atoms with van der Waals surface area (Å²) in [5.41, 5.74) is -0.234. The van der Waals surface area contributed by atoms with Crippen molar-refractivity contribution >= 4 is 39.0 Å². The van der Waals surface area contributed by atoms with Gasteiger partial charge in [-0.3, -0.25) is 4.90 Å². The van der Waals surface area contributed by atoms with Crippen LogP contribution in [0, 0.1) is 6.92 Å². The zero-order valence-corrected chi connectivity index (χ0v) is 33.7. The van der Waals surface area contributed by atoms with Crippen LogP contribution in [0.15, 0.2) is 6.20 Å². The maximum atomic E-state index is 13.7. The molecule has 5 rings (SSSR count). The Morgan fingerprint density at radius 3 is 2.47 bits per heavy atom. The van der Waals surface area contributed by atoms with Crippen molar-refractivity contribution in [2.75, 3.05) is 37.9 Å². The second kappa shape index (κ2) is 15.7. The van der Waals surface area contributed by atoms with Crippen LogP contribution < -0.4 is 4.90 Å². The van der Waals surface area contributed by atoms with E-state index in [0.717, 1.165) is 31.7 Å². The summed E-state index contributed by atoms with van der Waals surface area (Å²) in [6.45, 7) is 19.2. The number of hydrogen-bond acceptors (Lipinski definition) is 13. The van der Waals surface area contributed by atoms with Crippen LogP contribution in [-0.4, -0.2) is 113 Å². The summed E-state index contributed by atoms with van der Waals surface area (Å²) in [4.78, 5) is 24.9. The van der Waals surface area contributed by atoms with Gasteiger partial charge in [-0.2, -0.15) is 5.10 Å². The van der Waals surface area contributed by atoms with Gasteiger partial charge in [0, 0.05) is 20.7 Å².